The van der Waals surface area contributed by atoms with E-state index >= 15 is 0 Å². The lowest BCUT2D eigenvalue weighted by Crippen LogP contribution is -2.25. The molecule has 3 rings (SSSR count). The molecule has 1 aliphatic carbocycles. The highest BCUT2D eigenvalue weighted by Crippen LogP contribution is 2.38. The summed E-state index contributed by atoms with van der Waals surface area (Å²) in [6, 6.07) is 0. The van der Waals surface area contributed by atoms with Crippen LogP contribution in [0.3, 0.4) is 0 Å². The van der Waals surface area contributed by atoms with Crippen molar-refractivity contribution < 1.29 is 4.79 Å². The van der Waals surface area contributed by atoms with Crippen LogP contribution in [0.2, 0.25) is 0 Å². The summed E-state index contributed by atoms with van der Waals surface area (Å²) >= 11 is 1.42. The lowest BCUT2D eigenvalue weighted by Gasteiger charge is -2.03. The van der Waals surface area contributed by atoms with Crippen molar-refractivity contribution >= 4 is 33.1 Å². The van der Waals surface area contributed by atoms with Gasteiger partial charge in [0, 0.05) is 13.6 Å². The van der Waals surface area contributed by atoms with E-state index < -0.39 is 0 Å². The van der Waals surface area contributed by atoms with Crippen molar-refractivity contribution in [3.8, 4) is 0 Å². The number of carbonyl (C=O) groups is 1. The maximum Gasteiger partial charge on any atom is 0.263 e. The van der Waals surface area contributed by atoms with E-state index in [0.717, 1.165) is 28.4 Å². The average Bonchev–Trinajstić information content (AvgIpc) is 2.82. The second-order valence-electron chi connectivity index (χ2n) is 5.42. The smallest absolute Gasteiger partial charge is 0.263 e. The molecule has 1 aliphatic rings. The fraction of sp³-hybridized carbons (Fsp3) is 0.538. The molecule has 2 atom stereocenters. The van der Waals surface area contributed by atoms with Crippen molar-refractivity contribution in [2.24, 2.45) is 18.9 Å². The molecule has 0 saturated heterocycles. The largest absolute Gasteiger partial charge is 0.397 e. The minimum absolute atomic E-state index is 0.0581. The molecular formula is C13H18N4OS. The van der Waals surface area contributed by atoms with Crippen LogP contribution in [-0.2, 0) is 7.05 Å². The summed E-state index contributed by atoms with van der Waals surface area (Å²) in [6.45, 7) is 4.88. The maximum absolute atomic E-state index is 12.2. The van der Waals surface area contributed by atoms with Gasteiger partial charge in [0.15, 0.2) is 0 Å². The molecule has 102 valence electrons. The van der Waals surface area contributed by atoms with Crippen molar-refractivity contribution in [1.82, 2.24) is 15.1 Å². The molecule has 1 fully saturated rings. The van der Waals surface area contributed by atoms with Crippen LogP contribution in [0.15, 0.2) is 0 Å². The number of nitrogens with two attached hydrogens (primary N) is 1. The first kappa shape index (κ1) is 12.5. The van der Waals surface area contributed by atoms with Gasteiger partial charge < -0.3 is 11.1 Å². The van der Waals surface area contributed by atoms with Gasteiger partial charge in [0.1, 0.15) is 9.71 Å². The van der Waals surface area contributed by atoms with Crippen LogP contribution in [0.4, 0.5) is 5.69 Å². The standard InChI is InChI=1S/C13H18N4OS/c1-6-4-8(6)5-15-12(18)11-10(14)9-7(2)16-17(3)13(9)19-11/h6,8H,4-5,14H2,1-3H3,(H,15,18). The molecular weight excluding hydrogens is 260 g/mol. The Kier molecular flexibility index (Phi) is 2.78. The summed E-state index contributed by atoms with van der Waals surface area (Å²) in [5.74, 6) is 1.33. The number of nitrogen functional groups attached to an aromatic ring is 1. The van der Waals surface area contributed by atoms with Crippen molar-refractivity contribution in [3.63, 3.8) is 0 Å². The van der Waals surface area contributed by atoms with E-state index in [1.165, 1.54) is 17.8 Å². The Morgan fingerprint density at radius 3 is 2.89 bits per heavy atom. The van der Waals surface area contributed by atoms with Gasteiger partial charge in [-0.2, -0.15) is 5.10 Å². The van der Waals surface area contributed by atoms with E-state index in [4.69, 9.17) is 5.73 Å². The van der Waals surface area contributed by atoms with Gasteiger partial charge in [-0.25, -0.2) is 0 Å². The lowest BCUT2D eigenvalue weighted by molar-refractivity contribution is 0.0956. The van der Waals surface area contributed by atoms with E-state index in [1.807, 2.05) is 14.0 Å². The number of carbonyl (C=O) groups excluding carboxylic acids is 1. The van der Waals surface area contributed by atoms with Crippen LogP contribution in [0.1, 0.15) is 28.7 Å². The van der Waals surface area contributed by atoms with Crippen LogP contribution in [0.25, 0.3) is 10.2 Å². The molecule has 0 bridgehead atoms. The second-order valence-corrected chi connectivity index (χ2v) is 6.42. The van der Waals surface area contributed by atoms with Gasteiger partial charge in [0.2, 0.25) is 0 Å². The van der Waals surface area contributed by atoms with Gasteiger partial charge in [-0.1, -0.05) is 6.92 Å². The Labute approximate surface area is 115 Å². The fourth-order valence-corrected chi connectivity index (χ4v) is 3.59. The molecule has 2 unspecified atom stereocenters. The van der Waals surface area contributed by atoms with Gasteiger partial charge in [0.05, 0.1) is 16.8 Å². The summed E-state index contributed by atoms with van der Waals surface area (Å²) in [5.41, 5.74) is 7.54. The van der Waals surface area contributed by atoms with Crippen LogP contribution in [0.5, 0.6) is 0 Å². The van der Waals surface area contributed by atoms with Crippen LogP contribution in [-0.4, -0.2) is 22.2 Å². The number of nitrogens with zero attached hydrogens (tertiary/aromatic N) is 2. The van der Waals surface area contributed by atoms with Gasteiger partial charge in [-0.15, -0.1) is 11.3 Å². The molecule has 2 aromatic heterocycles. The number of hydrogen-bond donors (Lipinski definition) is 2. The first-order chi connectivity index (χ1) is 8.99. The monoisotopic (exact) mass is 278 g/mol. The van der Waals surface area contributed by atoms with Gasteiger partial charge >= 0.3 is 0 Å². The van der Waals surface area contributed by atoms with E-state index in [-0.39, 0.29) is 5.91 Å². The summed E-state index contributed by atoms with van der Waals surface area (Å²) in [6.07, 6.45) is 1.21. The molecule has 0 spiro atoms. The van der Waals surface area contributed by atoms with Gasteiger partial charge in [-0.05, 0) is 25.2 Å². The Balaban J connectivity index is 1.85. The number of anilines is 1. The molecule has 3 N–H and O–H groups in total. The highest BCUT2D eigenvalue weighted by molar-refractivity contribution is 7.21. The fourth-order valence-electron chi connectivity index (χ4n) is 2.49. The summed E-state index contributed by atoms with van der Waals surface area (Å²) in [7, 11) is 1.87. The van der Waals surface area contributed by atoms with Crippen molar-refractivity contribution in [1.29, 1.82) is 0 Å². The third-order valence-corrected chi connectivity index (χ3v) is 5.16. The van der Waals surface area contributed by atoms with Gasteiger partial charge in [0.25, 0.3) is 5.91 Å². The highest BCUT2D eigenvalue weighted by Gasteiger charge is 2.33. The number of aromatic nitrogens is 2. The molecule has 0 aromatic carbocycles. The number of thiophene rings is 1. The van der Waals surface area contributed by atoms with Crippen molar-refractivity contribution in [3.05, 3.63) is 10.6 Å². The lowest BCUT2D eigenvalue weighted by atomic mass is 10.2. The average molecular weight is 278 g/mol. The Morgan fingerprint density at radius 1 is 1.63 bits per heavy atom. The molecule has 5 nitrogen and oxygen atoms in total. The molecule has 1 saturated carbocycles. The highest BCUT2D eigenvalue weighted by atomic mass is 32.1. The normalized spacial score (nSPS) is 21.8. The zero-order valence-electron chi connectivity index (χ0n) is 11.4. The van der Waals surface area contributed by atoms with Crippen LogP contribution in [0, 0.1) is 18.8 Å². The minimum atomic E-state index is -0.0581. The van der Waals surface area contributed by atoms with Crippen LogP contribution >= 0.6 is 11.3 Å². The maximum atomic E-state index is 12.2. The summed E-state index contributed by atoms with van der Waals surface area (Å²) < 4.78 is 1.78. The molecule has 2 heterocycles. The first-order valence-electron chi connectivity index (χ1n) is 6.48. The molecule has 19 heavy (non-hydrogen) atoms. The first-order valence-corrected chi connectivity index (χ1v) is 7.30. The van der Waals surface area contributed by atoms with E-state index in [9.17, 15) is 4.79 Å². The van der Waals surface area contributed by atoms with E-state index in [2.05, 4.69) is 17.3 Å². The third-order valence-electron chi connectivity index (χ3n) is 3.89. The third kappa shape index (κ3) is 2.00. The summed E-state index contributed by atoms with van der Waals surface area (Å²) in [4.78, 5) is 13.8. The Hall–Kier alpha value is -1.56. The molecule has 2 aromatic rings. The molecule has 6 heteroatoms. The zero-order valence-corrected chi connectivity index (χ0v) is 12.2. The molecule has 1 amide bonds. The predicted molar refractivity (Wildman–Crippen MR) is 77.3 cm³/mol. The van der Waals surface area contributed by atoms with Gasteiger partial charge in [-0.3, -0.25) is 9.48 Å². The number of amides is 1. The minimum Gasteiger partial charge on any atom is -0.397 e. The zero-order chi connectivity index (χ0) is 13.7. The quantitative estimate of drug-likeness (QED) is 0.900. The Morgan fingerprint density at radius 2 is 2.32 bits per heavy atom. The SMILES string of the molecule is Cc1nn(C)c2sc(C(=O)NCC3CC3C)c(N)c12. The van der Waals surface area contributed by atoms with Crippen molar-refractivity contribution in [2.45, 2.75) is 20.3 Å². The number of rotatable bonds is 3. The Bertz CT molecular complexity index is 657. The number of aryl methyl sites for hydroxylation is 2. The number of hydrogen-bond acceptors (Lipinski definition) is 4. The second kappa shape index (κ2) is 4.23. The number of fused-ring (bicyclic) bond motifs is 1. The molecule has 0 radical (unpaired) electrons. The van der Waals surface area contributed by atoms with Crippen molar-refractivity contribution in [2.75, 3.05) is 12.3 Å². The predicted octanol–water partition coefficient (Wildman–Crippen LogP) is 1.91. The summed E-state index contributed by atoms with van der Waals surface area (Å²) in [5, 5.41) is 8.22. The van der Waals surface area contributed by atoms with E-state index in [0.29, 0.717) is 16.5 Å². The van der Waals surface area contributed by atoms with E-state index in [1.54, 1.807) is 4.68 Å². The number of nitrogens with one attached hydrogen (secondary N) is 1. The topological polar surface area (TPSA) is 72.9 Å². The van der Waals surface area contributed by atoms with Crippen LogP contribution < -0.4 is 11.1 Å². The molecule has 0 aliphatic heterocycles.